The molecule has 4 nitrogen and oxygen atoms in total. The molecule has 0 aliphatic carbocycles. The maximum absolute atomic E-state index is 5.54. The number of rotatable bonds is 4. The summed E-state index contributed by atoms with van der Waals surface area (Å²) in [7, 11) is 0. The summed E-state index contributed by atoms with van der Waals surface area (Å²) in [6, 6.07) is 6.27. The van der Waals surface area contributed by atoms with E-state index in [1.807, 2.05) is 12.3 Å². The van der Waals surface area contributed by atoms with Crippen LogP contribution in [0.5, 0.6) is 0 Å². The number of aromatic nitrogens is 1. The van der Waals surface area contributed by atoms with Gasteiger partial charge in [-0.05, 0) is 75.2 Å². The predicted molar refractivity (Wildman–Crippen MR) is 95.8 cm³/mol. The molecule has 0 bridgehead atoms. The van der Waals surface area contributed by atoms with Gasteiger partial charge in [0.2, 0.25) is 0 Å². The minimum Gasteiger partial charge on any atom is -0.381 e. The van der Waals surface area contributed by atoms with Crippen LogP contribution in [0.25, 0.3) is 0 Å². The lowest BCUT2D eigenvalue weighted by Crippen LogP contribution is -2.50. The number of hydrogen-bond acceptors (Lipinski definition) is 4. The number of ether oxygens (including phenoxy) is 1. The fourth-order valence-corrected chi connectivity index (χ4v) is 4.88. The number of piperidine rings is 2. The van der Waals surface area contributed by atoms with E-state index >= 15 is 0 Å². The predicted octanol–water partition coefficient (Wildman–Crippen LogP) is 2.80. The zero-order valence-electron chi connectivity index (χ0n) is 14.8. The highest BCUT2D eigenvalue weighted by Gasteiger charge is 2.38. The van der Waals surface area contributed by atoms with Crippen LogP contribution in [0.1, 0.15) is 37.8 Å². The summed E-state index contributed by atoms with van der Waals surface area (Å²) < 4.78 is 5.54. The molecule has 3 fully saturated rings. The van der Waals surface area contributed by atoms with Crippen molar-refractivity contribution in [2.75, 3.05) is 45.9 Å². The van der Waals surface area contributed by atoms with Crippen molar-refractivity contribution in [1.82, 2.24) is 14.8 Å². The molecule has 1 aromatic rings. The van der Waals surface area contributed by atoms with Crippen molar-refractivity contribution in [2.24, 2.45) is 11.3 Å². The Labute approximate surface area is 146 Å². The zero-order valence-corrected chi connectivity index (χ0v) is 14.8. The van der Waals surface area contributed by atoms with Crippen LogP contribution in [-0.4, -0.2) is 60.7 Å². The Kier molecular flexibility index (Phi) is 5.16. The summed E-state index contributed by atoms with van der Waals surface area (Å²) in [6.07, 6.45) is 8.70. The first-order valence-corrected chi connectivity index (χ1v) is 9.74. The van der Waals surface area contributed by atoms with Crippen LogP contribution in [0.2, 0.25) is 0 Å². The van der Waals surface area contributed by atoms with Gasteiger partial charge in [0.25, 0.3) is 0 Å². The maximum Gasteiger partial charge on any atom is 0.0543 e. The molecule has 1 atom stereocenters. The van der Waals surface area contributed by atoms with Gasteiger partial charge in [0.05, 0.1) is 12.3 Å². The maximum atomic E-state index is 5.54. The van der Waals surface area contributed by atoms with E-state index in [0.29, 0.717) is 5.41 Å². The molecule has 3 aliphatic heterocycles. The summed E-state index contributed by atoms with van der Waals surface area (Å²) in [6.45, 7) is 9.32. The molecule has 4 rings (SSSR count). The topological polar surface area (TPSA) is 28.6 Å². The van der Waals surface area contributed by atoms with Crippen molar-refractivity contribution >= 4 is 0 Å². The molecule has 4 heteroatoms. The van der Waals surface area contributed by atoms with Crippen LogP contribution in [0.15, 0.2) is 24.4 Å². The molecule has 1 aromatic heterocycles. The van der Waals surface area contributed by atoms with Gasteiger partial charge in [-0.1, -0.05) is 6.07 Å². The lowest BCUT2D eigenvalue weighted by molar-refractivity contribution is 0.0158. The second-order valence-corrected chi connectivity index (χ2v) is 8.17. The number of likely N-dealkylation sites (tertiary alicyclic amines) is 2. The van der Waals surface area contributed by atoms with Crippen molar-refractivity contribution < 1.29 is 4.74 Å². The Hall–Kier alpha value is -0.970. The number of hydrogen-bond donors (Lipinski definition) is 0. The molecule has 0 saturated carbocycles. The molecular formula is C20H31N3O. The summed E-state index contributed by atoms with van der Waals surface area (Å²) in [5.74, 6) is 0.783. The third kappa shape index (κ3) is 3.98. The summed E-state index contributed by atoms with van der Waals surface area (Å²) in [5.41, 5.74) is 1.78. The van der Waals surface area contributed by atoms with E-state index in [2.05, 4.69) is 26.9 Å². The Morgan fingerprint density at radius 3 is 2.79 bits per heavy atom. The Balaban J connectivity index is 1.29. The molecule has 0 radical (unpaired) electrons. The largest absolute Gasteiger partial charge is 0.381 e. The smallest absolute Gasteiger partial charge is 0.0543 e. The standard InChI is InChI=1S/C20H31N3O/c1-2-9-21-19(4-1)15-23-10-3-6-20(17-23)7-11-22(12-8-20)14-18-5-13-24-16-18/h1-2,4,9,18H,3,5-8,10-17H2. The minimum atomic E-state index is 0.565. The van der Waals surface area contributed by atoms with Crippen LogP contribution >= 0.6 is 0 Å². The fourth-order valence-electron chi connectivity index (χ4n) is 4.88. The molecule has 3 aliphatic rings. The van der Waals surface area contributed by atoms with Gasteiger partial charge in [-0.3, -0.25) is 9.88 Å². The molecular weight excluding hydrogens is 298 g/mol. The quantitative estimate of drug-likeness (QED) is 0.849. The van der Waals surface area contributed by atoms with Crippen LogP contribution in [-0.2, 0) is 11.3 Å². The van der Waals surface area contributed by atoms with Gasteiger partial charge in [-0.2, -0.15) is 0 Å². The van der Waals surface area contributed by atoms with Gasteiger partial charge >= 0.3 is 0 Å². The van der Waals surface area contributed by atoms with Crippen molar-refractivity contribution in [3.05, 3.63) is 30.1 Å². The van der Waals surface area contributed by atoms with Gasteiger partial charge in [0.1, 0.15) is 0 Å². The molecule has 3 saturated heterocycles. The van der Waals surface area contributed by atoms with E-state index in [1.54, 1.807) is 0 Å². The van der Waals surface area contributed by atoms with E-state index in [9.17, 15) is 0 Å². The highest BCUT2D eigenvalue weighted by atomic mass is 16.5. The molecule has 0 N–H and O–H groups in total. The Morgan fingerprint density at radius 1 is 1.12 bits per heavy atom. The molecule has 1 unspecified atom stereocenters. The third-order valence-electron chi connectivity index (χ3n) is 6.31. The Bertz CT molecular complexity index is 507. The highest BCUT2D eigenvalue weighted by molar-refractivity contribution is 5.04. The SMILES string of the molecule is c1ccc(CN2CCCC3(CCN(CC4CCOC4)CC3)C2)nc1. The average Bonchev–Trinajstić information content (AvgIpc) is 3.11. The average molecular weight is 329 g/mol. The van der Waals surface area contributed by atoms with Crippen LogP contribution in [0, 0.1) is 11.3 Å². The van der Waals surface area contributed by atoms with Crippen molar-refractivity contribution in [3.63, 3.8) is 0 Å². The molecule has 132 valence electrons. The molecule has 0 amide bonds. The fraction of sp³-hybridized carbons (Fsp3) is 0.750. The van der Waals surface area contributed by atoms with Gasteiger partial charge in [-0.25, -0.2) is 0 Å². The van der Waals surface area contributed by atoms with Crippen molar-refractivity contribution in [3.8, 4) is 0 Å². The van der Waals surface area contributed by atoms with Gasteiger partial charge in [0.15, 0.2) is 0 Å². The first-order valence-electron chi connectivity index (χ1n) is 9.74. The second-order valence-electron chi connectivity index (χ2n) is 8.17. The highest BCUT2D eigenvalue weighted by Crippen LogP contribution is 2.40. The first-order chi connectivity index (χ1) is 11.8. The monoisotopic (exact) mass is 329 g/mol. The Morgan fingerprint density at radius 2 is 2.04 bits per heavy atom. The summed E-state index contributed by atoms with van der Waals surface area (Å²) in [4.78, 5) is 9.86. The zero-order chi connectivity index (χ0) is 16.2. The molecule has 1 spiro atoms. The van der Waals surface area contributed by atoms with E-state index in [0.717, 1.165) is 25.7 Å². The second kappa shape index (κ2) is 7.51. The van der Waals surface area contributed by atoms with E-state index < -0.39 is 0 Å². The summed E-state index contributed by atoms with van der Waals surface area (Å²) >= 11 is 0. The molecule has 4 heterocycles. The van der Waals surface area contributed by atoms with Crippen molar-refractivity contribution in [2.45, 2.75) is 38.6 Å². The molecule has 0 aromatic carbocycles. The molecule has 24 heavy (non-hydrogen) atoms. The first kappa shape index (κ1) is 16.5. The van der Waals surface area contributed by atoms with Crippen LogP contribution in [0.3, 0.4) is 0 Å². The van der Waals surface area contributed by atoms with Gasteiger partial charge in [0, 0.05) is 32.4 Å². The lowest BCUT2D eigenvalue weighted by Gasteiger charge is -2.48. The minimum absolute atomic E-state index is 0.565. The van der Waals surface area contributed by atoms with E-state index in [4.69, 9.17) is 4.74 Å². The van der Waals surface area contributed by atoms with Crippen LogP contribution in [0.4, 0.5) is 0 Å². The number of pyridine rings is 1. The van der Waals surface area contributed by atoms with Crippen molar-refractivity contribution in [1.29, 1.82) is 0 Å². The van der Waals surface area contributed by atoms with E-state index in [1.165, 1.54) is 70.5 Å². The van der Waals surface area contributed by atoms with E-state index in [-0.39, 0.29) is 0 Å². The number of nitrogens with zero attached hydrogens (tertiary/aromatic N) is 3. The van der Waals surface area contributed by atoms with Crippen LogP contribution < -0.4 is 0 Å². The summed E-state index contributed by atoms with van der Waals surface area (Å²) in [5, 5.41) is 0. The van der Waals surface area contributed by atoms with Gasteiger partial charge in [-0.15, -0.1) is 0 Å². The normalized spacial score (nSPS) is 28.4. The van der Waals surface area contributed by atoms with Gasteiger partial charge < -0.3 is 9.64 Å². The lowest BCUT2D eigenvalue weighted by atomic mass is 9.72. The third-order valence-corrected chi connectivity index (χ3v) is 6.31.